The van der Waals surface area contributed by atoms with E-state index in [9.17, 15) is 26.4 Å². The number of nitrogens with one attached hydrogen (secondary N) is 1. The Balaban J connectivity index is 1.36. The molecule has 2 aromatic rings. The van der Waals surface area contributed by atoms with Crippen LogP contribution in [0.3, 0.4) is 0 Å². The Labute approximate surface area is 198 Å². The molecule has 9 heteroatoms. The Hall–Kier alpha value is -2.39. The van der Waals surface area contributed by atoms with Gasteiger partial charge in [0, 0.05) is 19.0 Å². The van der Waals surface area contributed by atoms with Crippen LogP contribution in [0.25, 0.3) is 0 Å². The largest absolute Gasteiger partial charge is 0.416 e. The second-order valence-corrected chi connectivity index (χ2v) is 11.1. The molecule has 1 aliphatic carbocycles. The van der Waals surface area contributed by atoms with Crippen LogP contribution in [-0.4, -0.2) is 31.7 Å². The molecule has 0 radical (unpaired) electrons. The van der Waals surface area contributed by atoms with Crippen molar-refractivity contribution in [2.24, 2.45) is 5.92 Å². The SMILES string of the molecule is CC(NC(=O)C1CCN(S(=O)(=O)c2ccc3c(c2)CCCC3)CC1)c1cccc(C(F)(F)F)c1. The van der Waals surface area contributed by atoms with Crippen LogP contribution in [0.15, 0.2) is 47.4 Å². The topological polar surface area (TPSA) is 66.5 Å². The van der Waals surface area contributed by atoms with E-state index in [1.807, 2.05) is 6.07 Å². The highest BCUT2D eigenvalue weighted by molar-refractivity contribution is 7.89. The number of hydrogen-bond donors (Lipinski definition) is 1. The molecule has 1 N–H and O–H groups in total. The summed E-state index contributed by atoms with van der Waals surface area (Å²) in [5.74, 6) is -0.654. The third-order valence-corrected chi connectivity index (χ3v) is 8.75. The molecule has 1 atom stereocenters. The fourth-order valence-electron chi connectivity index (χ4n) is 4.78. The van der Waals surface area contributed by atoms with Gasteiger partial charge in [0.2, 0.25) is 15.9 Å². The third-order valence-electron chi connectivity index (χ3n) is 6.86. The zero-order valence-corrected chi connectivity index (χ0v) is 19.9. The lowest BCUT2D eigenvalue weighted by Gasteiger charge is -2.31. The Morgan fingerprint density at radius 3 is 2.38 bits per heavy atom. The first-order chi connectivity index (χ1) is 16.1. The van der Waals surface area contributed by atoms with Gasteiger partial charge in [0.15, 0.2) is 0 Å². The van der Waals surface area contributed by atoms with E-state index in [2.05, 4.69) is 5.32 Å². The van der Waals surface area contributed by atoms with Gasteiger partial charge in [0.1, 0.15) is 0 Å². The summed E-state index contributed by atoms with van der Waals surface area (Å²) in [6.07, 6.45) is 0.351. The molecular formula is C25H29F3N2O3S. The van der Waals surface area contributed by atoms with Crippen molar-refractivity contribution in [3.8, 4) is 0 Å². The van der Waals surface area contributed by atoms with Crippen molar-refractivity contribution in [1.29, 1.82) is 0 Å². The lowest BCUT2D eigenvalue weighted by Crippen LogP contribution is -2.43. The van der Waals surface area contributed by atoms with Crippen LogP contribution in [0, 0.1) is 5.92 Å². The first kappa shape index (κ1) is 24.7. The molecule has 34 heavy (non-hydrogen) atoms. The summed E-state index contributed by atoms with van der Waals surface area (Å²) in [6, 6.07) is 9.70. The standard InChI is InChI=1S/C25H29F3N2O3S/c1-17(20-7-4-8-22(15-20)25(26,27)28)29-24(31)19-11-13-30(14-12-19)34(32,33)23-10-9-18-5-2-3-6-21(18)16-23/h4,7-10,15-17,19H,2-3,5-6,11-14H2,1H3,(H,29,31). The number of carbonyl (C=O) groups excluding carboxylic acids is 1. The molecule has 0 bridgehead atoms. The van der Waals surface area contributed by atoms with E-state index in [1.54, 1.807) is 25.1 Å². The summed E-state index contributed by atoms with van der Waals surface area (Å²) in [5, 5.41) is 2.79. The molecule has 1 saturated heterocycles. The number of carbonyl (C=O) groups is 1. The van der Waals surface area contributed by atoms with Crippen LogP contribution in [0.5, 0.6) is 0 Å². The lowest BCUT2D eigenvalue weighted by molar-refractivity contribution is -0.137. The second kappa shape index (κ2) is 9.70. The zero-order valence-electron chi connectivity index (χ0n) is 19.1. The van der Waals surface area contributed by atoms with Gasteiger partial charge in [-0.25, -0.2) is 8.42 Å². The number of nitrogens with zero attached hydrogens (tertiary/aromatic N) is 1. The van der Waals surface area contributed by atoms with Crippen LogP contribution in [0.2, 0.25) is 0 Å². The van der Waals surface area contributed by atoms with Gasteiger partial charge in [-0.1, -0.05) is 18.2 Å². The van der Waals surface area contributed by atoms with Crippen molar-refractivity contribution in [2.45, 2.75) is 62.6 Å². The van der Waals surface area contributed by atoms with E-state index >= 15 is 0 Å². The van der Waals surface area contributed by atoms with Crippen LogP contribution in [0.4, 0.5) is 13.2 Å². The van der Waals surface area contributed by atoms with E-state index in [0.717, 1.165) is 43.4 Å². The fourth-order valence-corrected chi connectivity index (χ4v) is 6.30. The highest BCUT2D eigenvalue weighted by atomic mass is 32.2. The number of sulfonamides is 1. The van der Waals surface area contributed by atoms with E-state index in [-0.39, 0.29) is 24.9 Å². The second-order valence-electron chi connectivity index (χ2n) is 9.17. The number of amides is 1. The molecule has 0 spiro atoms. The summed E-state index contributed by atoms with van der Waals surface area (Å²) in [5.41, 5.74) is 1.93. The third kappa shape index (κ3) is 5.30. The Bertz CT molecular complexity index is 1160. The fraction of sp³-hybridized carbons (Fsp3) is 0.480. The summed E-state index contributed by atoms with van der Waals surface area (Å²) in [4.78, 5) is 13.0. The monoisotopic (exact) mass is 494 g/mol. The van der Waals surface area contributed by atoms with Gasteiger partial charge in [0.05, 0.1) is 16.5 Å². The lowest BCUT2D eigenvalue weighted by atomic mass is 9.92. The first-order valence-electron chi connectivity index (χ1n) is 11.6. The highest BCUT2D eigenvalue weighted by Crippen LogP contribution is 2.31. The number of alkyl halides is 3. The van der Waals surface area contributed by atoms with Crippen LogP contribution in [-0.2, 0) is 33.8 Å². The van der Waals surface area contributed by atoms with Gasteiger partial charge >= 0.3 is 6.18 Å². The number of fused-ring (bicyclic) bond motifs is 1. The molecule has 184 valence electrons. The van der Waals surface area contributed by atoms with Gasteiger partial charge in [-0.2, -0.15) is 17.5 Å². The molecule has 2 aromatic carbocycles. The summed E-state index contributed by atoms with van der Waals surface area (Å²) >= 11 is 0. The first-order valence-corrected chi connectivity index (χ1v) is 13.1. The summed E-state index contributed by atoms with van der Waals surface area (Å²) in [6.45, 7) is 2.11. The Kier molecular flexibility index (Phi) is 7.05. The minimum atomic E-state index is -4.45. The van der Waals surface area contributed by atoms with Crippen molar-refractivity contribution in [2.75, 3.05) is 13.1 Å². The van der Waals surface area contributed by atoms with Gasteiger partial charge in [-0.3, -0.25) is 4.79 Å². The quantitative estimate of drug-likeness (QED) is 0.646. The van der Waals surface area contributed by atoms with Crippen molar-refractivity contribution in [3.63, 3.8) is 0 Å². The summed E-state index contributed by atoms with van der Waals surface area (Å²) in [7, 11) is -3.63. The number of benzene rings is 2. The Morgan fingerprint density at radius 2 is 1.71 bits per heavy atom. The number of hydrogen-bond acceptors (Lipinski definition) is 3. The molecule has 0 saturated carbocycles. The summed E-state index contributed by atoms with van der Waals surface area (Å²) < 4.78 is 66.7. The van der Waals surface area contributed by atoms with E-state index in [1.165, 1.54) is 15.9 Å². The maximum absolute atomic E-state index is 13.2. The molecule has 5 nitrogen and oxygen atoms in total. The molecule has 1 fully saturated rings. The predicted molar refractivity (Wildman–Crippen MR) is 123 cm³/mol. The molecule has 1 heterocycles. The molecule has 1 aliphatic heterocycles. The number of piperidine rings is 1. The van der Waals surface area contributed by atoms with Gasteiger partial charge in [0.25, 0.3) is 0 Å². The van der Waals surface area contributed by atoms with Crippen molar-refractivity contribution in [3.05, 3.63) is 64.7 Å². The molecule has 1 amide bonds. The average Bonchev–Trinajstić information content (AvgIpc) is 2.83. The van der Waals surface area contributed by atoms with Crippen LogP contribution >= 0.6 is 0 Å². The normalized spacial score (nSPS) is 18.8. The molecule has 1 unspecified atom stereocenters. The molecule has 2 aliphatic rings. The number of rotatable bonds is 5. The van der Waals surface area contributed by atoms with Crippen LogP contribution < -0.4 is 5.32 Å². The van der Waals surface area contributed by atoms with Crippen molar-refractivity contribution < 1.29 is 26.4 Å². The average molecular weight is 495 g/mol. The molecule has 4 rings (SSSR count). The zero-order chi connectivity index (χ0) is 24.5. The molecular weight excluding hydrogens is 465 g/mol. The van der Waals surface area contributed by atoms with Gasteiger partial charge < -0.3 is 5.32 Å². The van der Waals surface area contributed by atoms with E-state index < -0.39 is 27.8 Å². The maximum Gasteiger partial charge on any atom is 0.416 e. The van der Waals surface area contributed by atoms with E-state index in [4.69, 9.17) is 0 Å². The van der Waals surface area contributed by atoms with Crippen molar-refractivity contribution >= 4 is 15.9 Å². The molecule has 0 aromatic heterocycles. The van der Waals surface area contributed by atoms with Crippen molar-refractivity contribution in [1.82, 2.24) is 9.62 Å². The van der Waals surface area contributed by atoms with Gasteiger partial charge in [-0.05, 0) is 86.4 Å². The minimum Gasteiger partial charge on any atom is -0.349 e. The minimum absolute atomic E-state index is 0.232. The predicted octanol–water partition coefficient (Wildman–Crippen LogP) is 4.86. The number of halogens is 3. The Morgan fingerprint density at radius 1 is 1.03 bits per heavy atom. The smallest absolute Gasteiger partial charge is 0.349 e. The van der Waals surface area contributed by atoms with E-state index in [0.29, 0.717) is 23.3 Å². The van der Waals surface area contributed by atoms with Crippen LogP contribution in [0.1, 0.15) is 60.9 Å². The highest BCUT2D eigenvalue weighted by Gasteiger charge is 2.34. The maximum atomic E-state index is 13.2. The number of aryl methyl sites for hydroxylation is 2. The van der Waals surface area contributed by atoms with Gasteiger partial charge in [-0.15, -0.1) is 0 Å².